The first kappa shape index (κ1) is 14.8. The predicted octanol–water partition coefficient (Wildman–Crippen LogP) is 5.24. The lowest BCUT2D eigenvalue weighted by Crippen LogP contribution is -1.94. The average Bonchev–Trinajstić information content (AvgIpc) is 2.41. The molecule has 0 unspecified atom stereocenters. The highest BCUT2D eigenvalue weighted by Crippen LogP contribution is 2.32. The summed E-state index contributed by atoms with van der Waals surface area (Å²) < 4.78 is 5.68. The number of alkyl halides is 1. The summed E-state index contributed by atoms with van der Waals surface area (Å²) in [7, 11) is 0. The molecule has 0 spiro atoms. The highest BCUT2D eigenvalue weighted by atomic mass is 79.9. The SMILES string of the molecule is Cc1c(Oc2ccc(CBr)c(Cl)c2)cccc1[N+](=O)[O-]. The molecule has 104 valence electrons. The molecule has 2 rings (SSSR count). The number of hydrogen-bond acceptors (Lipinski definition) is 3. The highest BCUT2D eigenvalue weighted by molar-refractivity contribution is 9.08. The molecule has 0 N–H and O–H groups in total. The van der Waals surface area contributed by atoms with Crippen molar-refractivity contribution < 1.29 is 9.66 Å². The van der Waals surface area contributed by atoms with Gasteiger partial charge in [0.1, 0.15) is 11.5 Å². The van der Waals surface area contributed by atoms with E-state index in [1.807, 2.05) is 6.07 Å². The van der Waals surface area contributed by atoms with E-state index in [0.717, 1.165) is 5.56 Å². The fourth-order valence-corrected chi connectivity index (χ4v) is 2.63. The fraction of sp³-hybridized carbons (Fsp3) is 0.143. The first-order valence-corrected chi connectivity index (χ1v) is 7.29. The smallest absolute Gasteiger partial charge is 0.276 e. The minimum Gasteiger partial charge on any atom is -0.457 e. The number of ether oxygens (including phenoxy) is 1. The van der Waals surface area contributed by atoms with Crippen molar-refractivity contribution in [2.45, 2.75) is 12.3 Å². The minimum atomic E-state index is -0.427. The van der Waals surface area contributed by atoms with Gasteiger partial charge in [-0.2, -0.15) is 0 Å². The molecule has 0 bridgehead atoms. The van der Waals surface area contributed by atoms with Crippen LogP contribution in [0.25, 0.3) is 0 Å². The zero-order chi connectivity index (χ0) is 14.7. The largest absolute Gasteiger partial charge is 0.457 e. The predicted molar refractivity (Wildman–Crippen MR) is 82.0 cm³/mol. The van der Waals surface area contributed by atoms with Crippen LogP contribution in [-0.2, 0) is 5.33 Å². The van der Waals surface area contributed by atoms with E-state index in [4.69, 9.17) is 16.3 Å². The number of rotatable bonds is 4. The second-order valence-electron chi connectivity index (χ2n) is 4.15. The normalized spacial score (nSPS) is 10.3. The Morgan fingerprint density at radius 3 is 2.70 bits per heavy atom. The monoisotopic (exact) mass is 355 g/mol. The maximum atomic E-state index is 10.9. The lowest BCUT2D eigenvalue weighted by atomic mass is 10.2. The zero-order valence-corrected chi connectivity index (χ0v) is 12.9. The Labute approximate surface area is 129 Å². The molecule has 20 heavy (non-hydrogen) atoms. The summed E-state index contributed by atoms with van der Waals surface area (Å²) in [5, 5.41) is 12.1. The molecule has 0 atom stereocenters. The van der Waals surface area contributed by atoms with E-state index in [9.17, 15) is 10.1 Å². The van der Waals surface area contributed by atoms with Gasteiger partial charge in [-0.3, -0.25) is 10.1 Å². The third-order valence-electron chi connectivity index (χ3n) is 2.85. The van der Waals surface area contributed by atoms with Crippen LogP contribution < -0.4 is 4.74 Å². The van der Waals surface area contributed by atoms with Gasteiger partial charge < -0.3 is 4.74 Å². The Bertz CT molecular complexity index is 661. The van der Waals surface area contributed by atoms with E-state index in [2.05, 4.69) is 15.9 Å². The van der Waals surface area contributed by atoms with Crippen molar-refractivity contribution in [1.29, 1.82) is 0 Å². The molecule has 0 fully saturated rings. The van der Waals surface area contributed by atoms with Crippen LogP contribution in [-0.4, -0.2) is 4.92 Å². The third-order valence-corrected chi connectivity index (χ3v) is 3.80. The Hall–Kier alpha value is -1.59. The van der Waals surface area contributed by atoms with Gasteiger partial charge in [0.05, 0.1) is 10.5 Å². The van der Waals surface area contributed by atoms with Gasteiger partial charge in [-0.05, 0) is 30.7 Å². The standard InChI is InChI=1S/C14H11BrClNO3/c1-9-13(17(18)19)3-2-4-14(9)20-11-6-5-10(8-15)12(16)7-11/h2-7H,8H2,1H3. The van der Waals surface area contributed by atoms with E-state index in [1.54, 1.807) is 31.2 Å². The van der Waals surface area contributed by atoms with Crippen molar-refractivity contribution in [2.75, 3.05) is 0 Å². The first-order chi connectivity index (χ1) is 9.52. The topological polar surface area (TPSA) is 52.4 Å². The van der Waals surface area contributed by atoms with Crippen LogP contribution in [0.1, 0.15) is 11.1 Å². The highest BCUT2D eigenvalue weighted by Gasteiger charge is 2.14. The molecule has 0 aromatic heterocycles. The van der Waals surface area contributed by atoms with Crippen LogP contribution in [0.4, 0.5) is 5.69 Å². The summed E-state index contributed by atoms with van der Waals surface area (Å²) >= 11 is 9.44. The van der Waals surface area contributed by atoms with E-state index in [0.29, 0.717) is 27.4 Å². The van der Waals surface area contributed by atoms with Crippen LogP contribution in [0, 0.1) is 17.0 Å². The van der Waals surface area contributed by atoms with Crippen molar-refractivity contribution in [3.05, 3.63) is 62.7 Å². The molecule has 0 heterocycles. The molecule has 6 heteroatoms. The molecule has 0 aliphatic rings. The minimum absolute atomic E-state index is 0.0330. The second kappa shape index (κ2) is 6.24. The lowest BCUT2D eigenvalue weighted by Gasteiger charge is -2.10. The molecule has 2 aromatic rings. The summed E-state index contributed by atoms with van der Waals surface area (Å²) in [6, 6.07) is 10.0. The molecule has 0 amide bonds. The molecule has 0 aliphatic heterocycles. The second-order valence-corrected chi connectivity index (χ2v) is 5.11. The number of halogens is 2. The summed E-state index contributed by atoms with van der Waals surface area (Å²) in [5.74, 6) is 0.991. The first-order valence-electron chi connectivity index (χ1n) is 5.79. The zero-order valence-electron chi connectivity index (χ0n) is 10.6. The molecular formula is C14H11BrClNO3. The Balaban J connectivity index is 2.33. The van der Waals surface area contributed by atoms with Gasteiger partial charge in [0.25, 0.3) is 5.69 Å². The Morgan fingerprint density at radius 1 is 1.35 bits per heavy atom. The van der Waals surface area contributed by atoms with Gasteiger partial charge in [-0.15, -0.1) is 0 Å². The average molecular weight is 357 g/mol. The van der Waals surface area contributed by atoms with Crippen LogP contribution in [0.3, 0.4) is 0 Å². The van der Waals surface area contributed by atoms with Crippen molar-refractivity contribution in [2.24, 2.45) is 0 Å². The quantitative estimate of drug-likeness (QED) is 0.427. The van der Waals surface area contributed by atoms with Gasteiger partial charge in [0, 0.05) is 16.4 Å². The maximum absolute atomic E-state index is 10.9. The van der Waals surface area contributed by atoms with Crippen LogP contribution in [0.2, 0.25) is 5.02 Å². The molecule has 2 aromatic carbocycles. The van der Waals surface area contributed by atoms with E-state index in [-0.39, 0.29) is 5.69 Å². The number of benzene rings is 2. The molecule has 4 nitrogen and oxygen atoms in total. The summed E-state index contributed by atoms with van der Waals surface area (Å²) in [6.07, 6.45) is 0. The molecule has 0 aliphatic carbocycles. The fourth-order valence-electron chi connectivity index (χ4n) is 1.74. The number of nitro benzene ring substituents is 1. The van der Waals surface area contributed by atoms with Gasteiger partial charge >= 0.3 is 0 Å². The maximum Gasteiger partial charge on any atom is 0.276 e. The Kier molecular flexibility index (Phi) is 4.62. The van der Waals surface area contributed by atoms with Crippen molar-refractivity contribution in [3.8, 4) is 11.5 Å². The van der Waals surface area contributed by atoms with Crippen molar-refractivity contribution in [1.82, 2.24) is 0 Å². The molecule has 0 radical (unpaired) electrons. The van der Waals surface area contributed by atoms with Gasteiger partial charge in [-0.1, -0.05) is 39.7 Å². The van der Waals surface area contributed by atoms with Crippen molar-refractivity contribution >= 4 is 33.2 Å². The van der Waals surface area contributed by atoms with Gasteiger partial charge in [0.15, 0.2) is 0 Å². The van der Waals surface area contributed by atoms with E-state index < -0.39 is 4.92 Å². The number of nitrogens with zero attached hydrogens (tertiary/aromatic N) is 1. The van der Waals surface area contributed by atoms with E-state index >= 15 is 0 Å². The third kappa shape index (κ3) is 3.11. The molecule has 0 saturated carbocycles. The van der Waals surface area contributed by atoms with E-state index in [1.165, 1.54) is 6.07 Å². The number of nitro groups is 1. The summed E-state index contributed by atoms with van der Waals surface area (Å²) in [6.45, 7) is 1.65. The number of hydrogen-bond donors (Lipinski definition) is 0. The Morgan fingerprint density at radius 2 is 2.10 bits per heavy atom. The van der Waals surface area contributed by atoms with Gasteiger partial charge in [0.2, 0.25) is 0 Å². The van der Waals surface area contributed by atoms with Gasteiger partial charge in [-0.25, -0.2) is 0 Å². The van der Waals surface area contributed by atoms with Crippen LogP contribution in [0.5, 0.6) is 11.5 Å². The van der Waals surface area contributed by atoms with Crippen LogP contribution >= 0.6 is 27.5 Å². The summed E-state index contributed by atoms with van der Waals surface area (Å²) in [4.78, 5) is 10.5. The van der Waals surface area contributed by atoms with Crippen LogP contribution in [0.15, 0.2) is 36.4 Å². The van der Waals surface area contributed by atoms with Crippen molar-refractivity contribution in [3.63, 3.8) is 0 Å². The molecular weight excluding hydrogens is 346 g/mol. The summed E-state index contributed by atoms with van der Waals surface area (Å²) in [5.41, 5.74) is 1.47. The lowest BCUT2D eigenvalue weighted by molar-refractivity contribution is -0.385. The molecule has 0 saturated heterocycles.